The van der Waals surface area contributed by atoms with Gasteiger partial charge in [-0.2, -0.15) is 5.10 Å². The van der Waals surface area contributed by atoms with Crippen LogP contribution < -0.4 is 10.2 Å². The summed E-state index contributed by atoms with van der Waals surface area (Å²) in [4.78, 5) is 10.7. The van der Waals surface area contributed by atoms with Crippen LogP contribution in [0.5, 0.6) is 5.75 Å². The fourth-order valence-electron chi connectivity index (χ4n) is 1.96. The molecule has 6 nitrogen and oxygen atoms in total. The van der Waals surface area contributed by atoms with Crippen LogP contribution in [0.2, 0.25) is 0 Å². The second-order valence-corrected chi connectivity index (χ2v) is 6.54. The van der Waals surface area contributed by atoms with Crippen molar-refractivity contribution < 1.29 is 14.9 Å². The van der Waals surface area contributed by atoms with E-state index in [1.165, 1.54) is 17.8 Å². The summed E-state index contributed by atoms with van der Waals surface area (Å²) in [6, 6.07) is 14.1. The summed E-state index contributed by atoms with van der Waals surface area (Å²) < 4.78 is 6.31. The standard InChI is InChI=1S/C17H17N3O3S2/c1-12(18-19-17(24)25-2)14-6-8-16(9-7-14)23-11-13-4-3-5-15(10-13)20(21)22/h3-10H,11H2,1-2H3,(H-,19,21,22,24)/p+1/b18-12+. The van der Waals surface area contributed by atoms with Crippen LogP contribution in [-0.2, 0) is 6.61 Å². The van der Waals surface area contributed by atoms with Crippen LogP contribution in [0.3, 0.4) is 0 Å². The Balaban J connectivity index is 1.97. The van der Waals surface area contributed by atoms with Gasteiger partial charge in [-0.1, -0.05) is 36.1 Å². The van der Waals surface area contributed by atoms with Crippen LogP contribution in [0.1, 0.15) is 18.1 Å². The van der Waals surface area contributed by atoms with Crippen LogP contribution >= 0.6 is 24.0 Å². The minimum absolute atomic E-state index is 0.166. The molecule has 0 spiro atoms. The summed E-state index contributed by atoms with van der Waals surface area (Å²) >= 11 is 6.46. The average molecular weight is 376 g/mol. The number of nitrogens with one attached hydrogen (secondary N) is 1. The summed E-state index contributed by atoms with van der Waals surface area (Å²) in [5.41, 5.74) is 5.52. The second-order valence-electron chi connectivity index (χ2n) is 5.06. The van der Waals surface area contributed by atoms with Crippen molar-refractivity contribution in [1.29, 1.82) is 0 Å². The molecule has 0 radical (unpaired) electrons. The molecule has 8 heteroatoms. The van der Waals surface area contributed by atoms with Crippen LogP contribution in [-0.4, -0.2) is 26.4 Å². The van der Waals surface area contributed by atoms with Gasteiger partial charge in [-0.05, 0) is 48.6 Å². The molecule has 2 N–H and O–H groups in total. The minimum atomic E-state index is -0.169. The van der Waals surface area contributed by atoms with Crippen LogP contribution in [0, 0.1) is 4.91 Å². The van der Waals surface area contributed by atoms with E-state index in [-0.39, 0.29) is 17.2 Å². The van der Waals surface area contributed by atoms with Gasteiger partial charge in [-0.15, -0.1) is 0 Å². The van der Waals surface area contributed by atoms with Crippen molar-refractivity contribution in [3.63, 3.8) is 0 Å². The lowest BCUT2D eigenvalue weighted by Crippen LogP contribution is -2.13. The molecule has 0 aromatic heterocycles. The summed E-state index contributed by atoms with van der Waals surface area (Å²) in [5, 5.41) is 13.1. The molecule has 0 amide bonds. The first-order chi connectivity index (χ1) is 12.0. The Labute approximate surface area is 155 Å². The molecule has 0 bridgehead atoms. The van der Waals surface area contributed by atoms with Gasteiger partial charge >= 0.3 is 5.69 Å². The molecule has 2 aromatic carbocycles. The highest BCUT2D eigenvalue weighted by Gasteiger charge is 2.11. The van der Waals surface area contributed by atoms with Crippen molar-refractivity contribution >= 4 is 39.7 Å². The molecule has 0 aliphatic carbocycles. The Hall–Kier alpha value is -2.45. The largest absolute Gasteiger partial charge is 0.489 e. The van der Waals surface area contributed by atoms with Gasteiger partial charge in [0.2, 0.25) is 0 Å². The molecular formula is C17H18N3O3S2+. The van der Waals surface area contributed by atoms with Gasteiger partial charge < -0.3 is 4.74 Å². The first-order valence-corrected chi connectivity index (χ1v) is 8.99. The van der Waals surface area contributed by atoms with Crippen LogP contribution in [0.15, 0.2) is 53.6 Å². The van der Waals surface area contributed by atoms with Crippen molar-refractivity contribution in [2.24, 2.45) is 5.10 Å². The first-order valence-electron chi connectivity index (χ1n) is 7.36. The molecule has 0 saturated heterocycles. The van der Waals surface area contributed by atoms with Crippen molar-refractivity contribution in [1.82, 2.24) is 5.43 Å². The third kappa shape index (κ3) is 5.84. The van der Waals surface area contributed by atoms with Gasteiger partial charge in [0.15, 0.2) is 4.32 Å². The summed E-state index contributed by atoms with van der Waals surface area (Å²) in [6.45, 7) is 2.18. The molecule has 0 fully saturated rings. The van der Waals surface area contributed by atoms with Gasteiger partial charge in [0.05, 0.1) is 10.6 Å². The molecule has 25 heavy (non-hydrogen) atoms. The van der Waals surface area contributed by atoms with E-state index in [2.05, 4.69) is 10.5 Å². The maximum absolute atomic E-state index is 10.9. The van der Waals surface area contributed by atoms with Crippen LogP contribution in [0.25, 0.3) is 0 Å². The summed E-state index contributed by atoms with van der Waals surface area (Å²) in [7, 11) is 0. The van der Waals surface area contributed by atoms with Gasteiger partial charge in [0, 0.05) is 12.1 Å². The fourth-order valence-corrected chi connectivity index (χ4v) is 2.15. The van der Waals surface area contributed by atoms with Gasteiger partial charge in [-0.25, -0.2) is 5.21 Å². The van der Waals surface area contributed by atoms with Crippen LogP contribution in [0.4, 0.5) is 5.69 Å². The molecule has 2 rings (SSSR count). The highest BCUT2D eigenvalue weighted by atomic mass is 32.2. The van der Waals surface area contributed by atoms with Crippen molar-refractivity contribution in [2.75, 3.05) is 6.26 Å². The van der Waals surface area contributed by atoms with E-state index in [1.807, 2.05) is 43.5 Å². The minimum Gasteiger partial charge on any atom is -0.489 e. The maximum Gasteiger partial charge on any atom is 0.316 e. The smallest absolute Gasteiger partial charge is 0.316 e. The lowest BCUT2D eigenvalue weighted by molar-refractivity contribution is -0.729. The fraction of sp³-hybridized carbons (Fsp3) is 0.176. The predicted octanol–water partition coefficient (Wildman–Crippen LogP) is 4.03. The van der Waals surface area contributed by atoms with Crippen molar-refractivity contribution in [3.05, 3.63) is 64.6 Å². The zero-order valence-electron chi connectivity index (χ0n) is 13.8. The number of nitrogens with zero attached hydrogens (tertiary/aromatic N) is 2. The molecule has 0 aliphatic heterocycles. The first kappa shape index (κ1) is 18.9. The molecule has 0 saturated carbocycles. The normalized spacial score (nSPS) is 11.0. The average Bonchev–Trinajstić information content (AvgIpc) is 2.64. The number of thiocarbonyl (C=S) groups is 1. The van der Waals surface area contributed by atoms with Gasteiger partial charge in [0.25, 0.3) is 4.92 Å². The Morgan fingerprint density at radius 3 is 2.68 bits per heavy atom. The zero-order valence-corrected chi connectivity index (χ0v) is 15.4. The quantitative estimate of drug-likeness (QED) is 0.450. The number of thioether (sulfide) groups is 1. The SMILES string of the molecule is CSC(=S)N/N=C(\C)c1ccc(OCc2cccc([N+](=O)O)c2)cc1. The zero-order chi connectivity index (χ0) is 18.2. The van der Waals surface area contributed by atoms with E-state index in [9.17, 15) is 4.91 Å². The van der Waals surface area contributed by atoms with Crippen molar-refractivity contribution in [2.45, 2.75) is 13.5 Å². The third-order valence-corrected chi connectivity index (χ3v) is 4.36. The number of benzene rings is 2. The van der Waals surface area contributed by atoms with E-state index in [0.717, 1.165) is 16.8 Å². The Kier molecular flexibility index (Phi) is 6.91. The number of rotatable bonds is 6. The monoisotopic (exact) mass is 376 g/mol. The summed E-state index contributed by atoms with van der Waals surface area (Å²) in [5.74, 6) is 0.692. The highest BCUT2D eigenvalue weighted by molar-refractivity contribution is 8.22. The van der Waals surface area contributed by atoms with E-state index >= 15 is 0 Å². The molecule has 0 aliphatic rings. The van der Waals surface area contributed by atoms with Gasteiger partial charge in [-0.3, -0.25) is 5.43 Å². The number of hydrazone groups is 1. The lowest BCUT2D eigenvalue weighted by atomic mass is 10.1. The maximum atomic E-state index is 10.9. The Bertz CT molecular complexity index is 792. The van der Waals surface area contributed by atoms with Gasteiger partial charge in [0.1, 0.15) is 12.4 Å². The topological polar surface area (TPSA) is 73.9 Å². The number of ether oxygens (including phenoxy) is 1. The van der Waals surface area contributed by atoms with E-state index in [4.69, 9.17) is 22.2 Å². The molecule has 2 aromatic rings. The molecule has 0 atom stereocenters. The lowest BCUT2D eigenvalue weighted by Gasteiger charge is -2.07. The highest BCUT2D eigenvalue weighted by Crippen LogP contribution is 2.17. The summed E-state index contributed by atoms with van der Waals surface area (Å²) in [6.07, 6.45) is 1.89. The molecular weight excluding hydrogens is 358 g/mol. The Morgan fingerprint density at radius 2 is 2.04 bits per heavy atom. The van der Waals surface area contributed by atoms with E-state index in [1.54, 1.807) is 12.1 Å². The predicted molar refractivity (Wildman–Crippen MR) is 104 cm³/mol. The van der Waals surface area contributed by atoms with E-state index in [0.29, 0.717) is 10.1 Å². The third-order valence-electron chi connectivity index (χ3n) is 3.31. The van der Waals surface area contributed by atoms with E-state index < -0.39 is 0 Å². The number of hydrogen-bond acceptors (Lipinski definition) is 5. The Morgan fingerprint density at radius 1 is 1.32 bits per heavy atom. The van der Waals surface area contributed by atoms with Crippen molar-refractivity contribution in [3.8, 4) is 5.75 Å². The second kappa shape index (κ2) is 9.14. The molecule has 0 heterocycles. The molecule has 130 valence electrons. The molecule has 0 unspecified atom stereocenters. The number of hydrogen-bond donors (Lipinski definition) is 2.